The Morgan fingerprint density at radius 1 is 1.07 bits per heavy atom. The van der Waals surface area contributed by atoms with Crippen molar-refractivity contribution in [3.05, 3.63) is 113 Å². The summed E-state index contributed by atoms with van der Waals surface area (Å²) in [4.78, 5) is 30.3. The van der Waals surface area contributed by atoms with Gasteiger partial charge < -0.3 is 14.6 Å². The number of aromatic nitrogens is 2. The molecule has 12 heteroatoms. The molecule has 0 fully saturated rings. The van der Waals surface area contributed by atoms with Crippen molar-refractivity contribution in [2.75, 3.05) is 11.4 Å². The molecule has 0 aliphatic carbocycles. The van der Waals surface area contributed by atoms with Gasteiger partial charge >= 0.3 is 5.97 Å². The zero-order valence-corrected chi connectivity index (χ0v) is 27.2. The molecule has 0 spiro atoms. The number of fused-ring (bicyclic) bond motifs is 1. The van der Waals surface area contributed by atoms with Crippen molar-refractivity contribution in [1.82, 2.24) is 14.9 Å². The van der Waals surface area contributed by atoms with Crippen LogP contribution in [0, 0.1) is 17.2 Å². The van der Waals surface area contributed by atoms with Crippen LogP contribution in [-0.4, -0.2) is 43.0 Å². The summed E-state index contributed by atoms with van der Waals surface area (Å²) < 4.78 is 37.1. The molecule has 0 bridgehead atoms. The zero-order chi connectivity index (χ0) is 32.8. The van der Waals surface area contributed by atoms with Gasteiger partial charge in [0.25, 0.3) is 15.9 Å². The third kappa shape index (κ3) is 7.28. The molecule has 5 rings (SSSR count). The fourth-order valence-electron chi connectivity index (χ4n) is 5.04. The molecule has 5 aromatic rings. The maximum atomic E-state index is 14.1. The fourth-order valence-corrected chi connectivity index (χ4v) is 7.44. The molecule has 10 nitrogen and oxygen atoms in total. The van der Waals surface area contributed by atoms with E-state index in [9.17, 15) is 18.0 Å². The van der Waals surface area contributed by atoms with Gasteiger partial charge in [-0.2, -0.15) is 5.26 Å². The average molecular weight is 656 g/mol. The molecule has 3 aromatic carbocycles. The molecule has 0 saturated carbocycles. The third-order valence-electron chi connectivity index (χ3n) is 7.38. The quantitative estimate of drug-likeness (QED) is 0.170. The van der Waals surface area contributed by atoms with Crippen LogP contribution in [0.4, 0.5) is 5.69 Å². The summed E-state index contributed by atoms with van der Waals surface area (Å²) in [6, 6.07) is 23.7. The molecule has 46 heavy (non-hydrogen) atoms. The van der Waals surface area contributed by atoms with Gasteiger partial charge in [0.2, 0.25) is 0 Å². The number of carbonyl (C=O) groups is 2. The van der Waals surface area contributed by atoms with Crippen molar-refractivity contribution in [2.45, 2.75) is 44.3 Å². The second kappa shape index (κ2) is 14.0. The van der Waals surface area contributed by atoms with Crippen molar-refractivity contribution < 1.29 is 22.7 Å². The van der Waals surface area contributed by atoms with Gasteiger partial charge in [-0.25, -0.2) is 18.2 Å². The summed E-state index contributed by atoms with van der Waals surface area (Å²) in [7, 11) is -2.73. The van der Waals surface area contributed by atoms with Gasteiger partial charge in [0.05, 0.1) is 52.8 Å². The Bertz CT molecular complexity index is 1990. The third-order valence-corrected chi connectivity index (χ3v) is 10.3. The number of imidazole rings is 1. The SMILES string of the molecule is COC(=O)[C@H](CC(C)C)NC(=O)c1cc2cc(N(Cc3cncn3Cc3ccc(C#N)cc3)S(=O)(=O)c3ccccc3)ccc2s1. The van der Waals surface area contributed by atoms with Crippen LogP contribution in [0.1, 0.15) is 46.8 Å². The number of nitriles is 1. The number of sulfonamides is 1. The van der Waals surface area contributed by atoms with Crippen LogP contribution < -0.4 is 9.62 Å². The number of nitrogens with one attached hydrogen (secondary N) is 1. The Morgan fingerprint density at radius 3 is 2.48 bits per heavy atom. The molecule has 1 atom stereocenters. The lowest BCUT2D eigenvalue weighted by Crippen LogP contribution is -2.42. The first-order chi connectivity index (χ1) is 22.1. The van der Waals surface area contributed by atoms with Crippen LogP contribution in [0.2, 0.25) is 0 Å². The van der Waals surface area contributed by atoms with Crippen LogP contribution in [0.3, 0.4) is 0 Å². The highest BCUT2D eigenvalue weighted by molar-refractivity contribution is 7.92. The number of hydrogen-bond acceptors (Lipinski definition) is 8. The highest BCUT2D eigenvalue weighted by Crippen LogP contribution is 2.33. The van der Waals surface area contributed by atoms with E-state index < -0.39 is 27.9 Å². The van der Waals surface area contributed by atoms with Gasteiger partial charge in [0.1, 0.15) is 6.04 Å². The summed E-state index contributed by atoms with van der Waals surface area (Å²) in [6.45, 7) is 4.34. The maximum absolute atomic E-state index is 14.1. The number of hydrogen-bond donors (Lipinski definition) is 1. The number of anilines is 1. The smallest absolute Gasteiger partial charge is 0.328 e. The molecule has 1 N–H and O–H groups in total. The number of esters is 1. The molecule has 0 unspecified atom stereocenters. The molecule has 0 aliphatic rings. The largest absolute Gasteiger partial charge is 0.467 e. The Labute approximate surface area is 271 Å². The first-order valence-electron chi connectivity index (χ1n) is 14.6. The number of ether oxygens (including phenoxy) is 1. The number of carbonyl (C=O) groups excluding carboxylic acids is 2. The average Bonchev–Trinajstić information content (AvgIpc) is 3.69. The molecule has 1 amide bonds. The molecule has 0 radical (unpaired) electrons. The molecular formula is C34H33N5O5S2. The van der Waals surface area contributed by atoms with Crippen molar-refractivity contribution in [1.29, 1.82) is 5.26 Å². The molecule has 0 saturated heterocycles. The Balaban J connectivity index is 1.48. The lowest BCUT2D eigenvalue weighted by Gasteiger charge is -2.25. The van der Waals surface area contributed by atoms with Crippen molar-refractivity contribution in [2.24, 2.45) is 5.92 Å². The van der Waals surface area contributed by atoms with E-state index in [4.69, 9.17) is 10.00 Å². The fraction of sp³-hybridized carbons (Fsp3) is 0.235. The number of amides is 1. The van der Waals surface area contributed by atoms with E-state index in [1.165, 1.54) is 22.8 Å². The Hall–Kier alpha value is -4.99. The lowest BCUT2D eigenvalue weighted by atomic mass is 10.0. The summed E-state index contributed by atoms with van der Waals surface area (Å²) in [5, 5.41) is 12.6. The van der Waals surface area contributed by atoms with Crippen molar-refractivity contribution in [3.63, 3.8) is 0 Å². The molecule has 0 aliphatic heterocycles. The van der Waals surface area contributed by atoms with Gasteiger partial charge in [-0.1, -0.05) is 44.2 Å². The summed E-state index contributed by atoms with van der Waals surface area (Å²) in [5.41, 5.74) is 2.56. The molecule has 2 aromatic heterocycles. The predicted octanol–water partition coefficient (Wildman–Crippen LogP) is 5.73. The van der Waals surface area contributed by atoms with Crippen molar-refractivity contribution >= 4 is 49.0 Å². The maximum Gasteiger partial charge on any atom is 0.328 e. The van der Waals surface area contributed by atoms with Crippen LogP contribution in [0.5, 0.6) is 0 Å². The first kappa shape index (κ1) is 32.4. The van der Waals surface area contributed by atoms with E-state index in [0.717, 1.165) is 10.3 Å². The van der Waals surface area contributed by atoms with Gasteiger partial charge in [-0.05, 0) is 71.8 Å². The van der Waals surface area contributed by atoms with E-state index in [2.05, 4.69) is 16.4 Å². The van der Waals surface area contributed by atoms with Gasteiger partial charge in [0, 0.05) is 17.4 Å². The van der Waals surface area contributed by atoms with E-state index in [1.54, 1.807) is 79.3 Å². The van der Waals surface area contributed by atoms with Crippen LogP contribution in [0.25, 0.3) is 10.1 Å². The standard InChI is InChI=1S/C34H33N5O5S2/c1-23(2)15-30(34(41)44-3)37-33(40)32-17-26-16-27(13-14-31(26)45-32)39(46(42,43)29-7-5-4-6-8-29)21-28-19-36-22-38(28)20-25-11-9-24(18-35)10-12-25/h4-14,16-17,19,22-23,30H,15,20-21H2,1-3H3,(H,37,40)/t30-/m0/s1. The van der Waals surface area contributed by atoms with Gasteiger partial charge in [0.15, 0.2) is 0 Å². The minimum Gasteiger partial charge on any atom is -0.467 e. The second-order valence-electron chi connectivity index (χ2n) is 11.2. The minimum absolute atomic E-state index is 0.00744. The number of benzene rings is 3. The number of thiophene rings is 1. The number of nitrogens with zero attached hydrogens (tertiary/aromatic N) is 4. The number of methoxy groups -OCH3 is 1. The summed E-state index contributed by atoms with van der Waals surface area (Å²) >= 11 is 1.26. The van der Waals surface area contributed by atoms with Gasteiger partial charge in [-0.3, -0.25) is 9.10 Å². The first-order valence-corrected chi connectivity index (χ1v) is 16.8. The minimum atomic E-state index is -4.02. The highest BCUT2D eigenvalue weighted by atomic mass is 32.2. The monoisotopic (exact) mass is 655 g/mol. The van der Waals surface area contributed by atoms with Crippen LogP contribution in [-0.2, 0) is 32.6 Å². The Kier molecular flexibility index (Phi) is 9.84. The highest BCUT2D eigenvalue weighted by Gasteiger charge is 2.28. The van der Waals surface area contributed by atoms with E-state index >= 15 is 0 Å². The van der Waals surface area contributed by atoms with Gasteiger partial charge in [-0.15, -0.1) is 11.3 Å². The van der Waals surface area contributed by atoms with E-state index in [0.29, 0.717) is 40.2 Å². The lowest BCUT2D eigenvalue weighted by molar-refractivity contribution is -0.143. The predicted molar refractivity (Wildman–Crippen MR) is 177 cm³/mol. The summed E-state index contributed by atoms with van der Waals surface area (Å²) in [5.74, 6) is -0.753. The number of rotatable bonds is 12. The zero-order valence-electron chi connectivity index (χ0n) is 25.6. The topological polar surface area (TPSA) is 134 Å². The van der Waals surface area contributed by atoms with Crippen LogP contribution >= 0.6 is 11.3 Å². The molecule has 2 heterocycles. The second-order valence-corrected chi connectivity index (χ2v) is 14.1. The summed E-state index contributed by atoms with van der Waals surface area (Å²) in [6.07, 6.45) is 3.72. The van der Waals surface area contributed by atoms with Crippen molar-refractivity contribution in [3.8, 4) is 6.07 Å². The van der Waals surface area contributed by atoms with E-state index in [-0.39, 0.29) is 17.4 Å². The normalized spacial score (nSPS) is 12.1. The Morgan fingerprint density at radius 2 is 1.80 bits per heavy atom. The molecular weight excluding hydrogens is 623 g/mol. The van der Waals surface area contributed by atoms with E-state index in [1.807, 2.05) is 30.5 Å². The molecule has 236 valence electrons. The van der Waals surface area contributed by atoms with Crippen LogP contribution in [0.15, 0.2) is 96.3 Å².